The van der Waals surface area contributed by atoms with E-state index in [1.165, 1.54) is 11.8 Å². The molecule has 2 aromatic rings. The number of carbonyl (C=O) groups is 2. The van der Waals surface area contributed by atoms with Gasteiger partial charge in [-0.05, 0) is 28.8 Å². The van der Waals surface area contributed by atoms with Crippen molar-refractivity contribution in [2.75, 3.05) is 5.75 Å². The molecule has 0 spiro atoms. The first-order valence-electron chi connectivity index (χ1n) is 7.11. The van der Waals surface area contributed by atoms with E-state index in [-0.39, 0.29) is 17.6 Å². The average molecular weight is 317 g/mol. The van der Waals surface area contributed by atoms with Gasteiger partial charge in [-0.1, -0.05) is 44.2 Å². The predicted molar refractivity (Wildman–Crippen MR) is 89.1 cm³/mol. The van der Waals surface area contributed by atoms with E-state index in [9.17, 15) is 9.59 Å². The van der Waals surface area contributed by atoms with Gasteiger partial charge in [-0.3, -0.25) is 4.79 Å². The minimum absolute atomic E-state index is 0.146. The molecule has 0 bridgehead atoms. The van der Waals surface area contributed by atoms with E-state index in [1.54, 1.807) is 13.8 Å². The molecule has 2 aromatic carbocycles. The summed E-state index contributed by atoms with van der Waals surface area (Å²) in [6, 6.07) is 13.2. The van der Waals surface area contributed by atoms with Gasteiger partial charge in [0.05, 0.1) is 5.75 Å². The Morgan fingerprint density at radius 1 is 1.14 bits per heavy atom. The fourth-order valence-electron chi connectivity index (χ4n) is 2.13. The summed E-state index contributed by atoms with van der Waals surface area (Å²) < 4.78 is 0. The Balaban J connectivity index is 1.96. The lowest BCUT2D eigenvalue weighted by Crippen LogP contribution is -2.45. The van der Waals surface area contributed by atoms with Crippen LogP contribution < -0.4 is 5.32 Å². The number of aliphatic carboxylic acids is 1. The first-order chi connectivity index (χ1) is 10.5. The highest BCUT2D eigenvalue weighted by Gasteiger charge is 2.23. The second-order valence-corrected chi connectivity index (χ2v) is 6.47. The highest BCUT2D eigenvalue weighted by atomic mass is 32.2. The number of rotatable bonds is 6. The monoisotopic (exact) mass is 317 g/mol. The number of amides is 1. The van der Waals surface area contributed by atoms with Gasteiger partial charge in [0.2, 0.25) is 5.91 Å². The number of hydrogen-bond acceptors (Lipinski definition) is 3. The Hall–Kier alpha value is -2.01. The van der Waals surface area contributed by atoms with Gasteiger partial charge in [-0.2, -0.15) is 0 Å². The molecule has 0 unspecified atom stereocenters. The number of carboxylic acid groups (broad SMARTS) is 1. The Labute approximate surface area is 133 Å². The lowest BCUT2D eigenvalue weighted by atomic mass is 10.1. The summed E-state index contributed by atoms with van der Waals surface area (Å²) in [4.78, 5) is 24.0. The SMILES string of the molecule is CC(C)[C@H](NC(=O)CSc1ccc2ccccc2c1)C(=O)O. The molecule has 0 radical (unpaired) electrons. The maximum absolute atomic E-state index is 11.9. The van der Waals surface area contributed by atoms with E-state index < -0.39 is 12.0 Å². The molecule has 0 saturated carbocycles. The number of nitrogens with one attached hydrogen (secondary N) is 1. The molecule has 22 heavy (non-hydrogen) atoms. The van der Waals surface area contributed by atoms with Crippen molar-refractivity contribution < 1.29 is 14.7 Å². The summed E-state index contributed by atoms with van der Waals surface area (Å²) in [5.41, 5.74) is 0. The Bertz CT molecular complexity index is 684. The normalized spacial score (nSPS) is 12.3. The number of fused-ring (bicyclic) bond motifs is 1. The molecule has 1 atom stereocenters. The topological polar surface area (TPSA) is 66.4 Å². The first kappa shape index (κ1) is 16.4. The second-order valence-electron chi connectivity index (χ2n) is 5.43. The van der Waals surface area contributed by atoms with Crippen LogP contribution >= 0.6 is 11.8 Å². The molecule has 2 rings (SSSR count). The highest BCUT2D eigenvalue weighted by Crippen LogP contribution is 2.23. The van der Waals surface area contributed by atoms with Gasteiger partial charge in [0, 0.05) is 4.90 Å². The highest BCUT2D eigenvalue weighted by molar-refractivity contribution is 8.00. The summed E-state index contributed by atoms with van der Waals surface area (Å²) in [5, 5.41) is 13.9. The van der Waals surface area contributed by atoms with Crippen LogP contribution in [0.5, 0.6) is 0 Å². The number of carbonyl (C=O) groups excluding carboxylic acids is 1. The van der Waals surface area contributed by atoms with Crippen molar-refractivity contribution >= 4 is 34.4 Å². The number of benzene rings is 2. The minimum atomic E-state index is -1.00. The standard InChI is InChI=1S/C17H19NO3S/c1-11(2)16(17(20)21)18-15(19)10-22-14-8-7-12-5-3-4-6-13(12)9-14/h3-9,11,16H,10H2,1-2H3,(H,18,19)(H,20,21)/t16-/m0/s1. The zero-order valence-electron chi connectivity index (χ0n) is 12.6. The van der Waals surface area contributed by atoms with Gasteiger partial charge in [-0.25, -0.2) is 4.79 Å². The third-order valence-corrected chi connectivity index (χ3v) is 4.33. The summed E-state index contributed by atoms with van der Waals surface area (Å²) in [5.74, 6) is -1.21. The van der Waals surface area contributed by atoms with E-state index in [4.69, 9.17) is 5.11 Å². The Kier molecular flexibility index (Phi) is 5.44. The van der Waals surface area contributed by atoms with Crippen LogP contribution in [0.4, 0.5) is 0 Å². The largest absolute Gasteiger partial charge is 0.480 e. The first-order valence-corrected chi connectivity index (χ1v) is 8.09. The number of carboxylic acids is 1. The van der Waals surface area contributed by atoms with Crippen LogP contribution in [0, 0.1) is 5.92 Å². The zero-order valence-corrected chi connectivity index (χ0v) is 13.4. The molecule has 0 saturated heterocycles. The van der Waals surface area contributed by atoms with E-state index in [2.05, 4.69) is 5.32 Å². The zero-order chi connectivity index (χ0) is 16.1. The van der Waals surface area contributed by atoms with E-state index >= 15 is 0 Å². The van der Waals surface area contributed by atoms with Crippen LogP contribution in [0.25, 0.3) is 10.8 Å². The van der Waals surface area contributed by atoms with Gasteiger partial charge < -0.3 is 10.4 Å². The second kappa shape index (κ2) is 7.31. The fraction of sp³-hybridized carbons (Fsp3) is 0.294. The fourth-order valence-corrected chi connectivity index (χ4v) is 2.89. The molecule has 0 aliphatic rings. The van der Waals surface area contributed by atoms with E-state index in [0.717, 1.165) is 15.7 Å². The van der Waals surface area contributed by atoms with Crippen LogP contribution in [0.1, 0.15) is 13.8 Å². The lowest BCUT2D eigenvalue weighted by molar-refractivity contribution is -0.142. The van der Waals surface area contributed by atoms with Crippen molar-refractivity contribution in [3.8, 4) is 0 Å². The summed E-state index contributed by atoms with van der Waals surface area (Å²) in [6.07, 6.45) is 0. The molecule has 1 amide bonds. The molecule has 0 fully saturated rings. The van der Waals surface area contributed by atoms with Gasteiger partial charge >= 0.3 is 5.97 Å². The molecular formula is C17H19NO3S. The third-order valence-electron chi connectivity index (χ3n) is 3.34. The summed E-state index contributed by atoms with van der Waals surface area (Å²) in [7, 11) is 0. The van der Waals surface area contributed by atoms with Crippen molar-refractivity contribution in [1.29, 1.82) is 0 Å². The van der Waals surface area contributed by atoms with Crippen LogP contribution in [0.3, 0.4) is 0 Å². The molecule has 116 valence electrons. The van der Waals surface area contributed by atoms with Crippen LogP contribution in [0.15, 0.2) is 47.4 Å². The van der Waals surface area contributed by atoms with Gasteiger partial charge in [0.1, 0.15) is 6.04 Å². The van der Waals surface area contributed by atoms with Gasteiger partial charge in [-0.15, -0.1) is 11.8 Å². The maximum Gasteiger partial charge on any atom is 0.326 e. The lowest BCUT2D eigenvalue weighted by Gasteiger charge is -2.17. The molecule has 0 aliphatic heterocycles. The van der Waals surface area contributed by atoms with Crippen LogP contribution in [0.2, 0.25) is 0 Å². The third kappa shape index (κ3) is 4.24. The molecule has 2 N–H and O–H groups in total. The molecule has 0 aromatic heterocycles. The average Bonchev–Trinajstić information content (AvgIpc) is 2.49. The molecule has 5 heteroatoms. The Morgan fingerprint density at radius 3 is 2.45 bits per heavy atom. The molecule has 0 aliphatic carbocycles. The summed E-state index contributed by atoms with van der Waals surface area (Å²) >= 11 is 1.40. The van der Waals surface area contributed by atoms with Crippen molar-refractivity contribution in [2.45, 2.75) is 24.8 Å². The number of hydrogen-bond donors (Lipinski definition) is 2. The molecule has 4 nitrogen and oxygen atoms in total. The van der Waals surface area contributed by atoms with Crippen molar-refractivity contribution in [3.05, 3.63) is 42.5 Å². The van der Waals surface area contributed by atoms with Crippen molar-refractivity contribution in [2.24, 2.45) is 5.92 Å². The maximum atomic E-state index is 11.9. The summed E-state index contributed by atoms with van der Waals surface area (Å²) in [6.45, 7) is 3.55. The predicted octanol–water partition coefficient (Wildman–Crippen LogP) is 3.16. The number of thioether (sulfide) groups is 1. The molecule has 0 heterocycles. The van der Waals surface area contributed by atoms with E-state index in [0.29, 0.717) is 0 Å². The quantitative estimate of drug-likeness (QED) is 0.803. The van der Waals surface area contributed by atoms with Crippen molar-refractivity contribution in [3.63, 3.8) is 0 Å². The van der Waals surface area contributed by atoms with Gasteiger partial charge in [0.25, 0.3) is 0 Å². The van der Waals surface area contributed by atoms with Gasteiger partial charge in [0.15, 0.2) is 0 Å². The Morgan fingerprint density at radius 2 is 1.82 bits per heavy atom. The van der Waals surface area contributed by atoms with Crippen molar-refractivity contribution in [1.82, 2.24) is 5.32 Å². The minimum Gasteiger partial charge on any atom is -0.480 e. The van der Waals surface area contributed by atoms with E-state index in [1.807, 2.05) is 42.5 Å². The molecular weight excluding hydrogens is 298 g/mol. The van der Waals surface area contributed by atoms with Crippen LogP contribution in [-0.4, -0.2) is 28.8 Å². The smallest absolute Gasteiger partial charge is 0.326 e. The van der Waals surface area contributed by atoms with Crippen LogP contribution in [-0.2, 0) is 9.59 Å².